The van der Waals surface area contributed by atoms with Crippen molar-refractivity contribution >= 4 is 5.97 Å². The lowest BCUT2D eigenvalue weighted by atomic mass is 10.2. The van der Waals surface area contributed by atoms with Gasteiger partial charge in [0.25, 0.3) is 0 Å². The molecule has 1 aromatic heterocycles. The number of hydrogen-bond acceptors (Lipinski definition) is 4. The van der Waals surface area contributed by atoms with Crippen LogP contribution >= 0.6 is 0 Å². The van der Waals surface area contributed by atoms with Gasteiger partial charge in [-0.15, -0.1) is 0 Å². The van der Waals surface area contributed by atoms with Crippen LogP contribution in [0.3, 0.4) is 0 Å². The summed E-state index contributed by atoms with van der Waals surface area (Å²) in [4.78, 5) is 13.7. The molecule has 0 aliphatic carbocycles. The van der Waals surface area contributed by atoms with E-state index in [0.29, 0.717) is 17.1 Å². The summed E-state index contributed by atoms with van der Waals surface area (Å²) in [6.45, 7) is 1.74. The molecule has 0 N–H and O–H groups in total. The molecule has 6 nitrogen and oxygen atoms in total. The van der Waals surface area contributed by atoms with E-state index in [1.807, 2.05) is 0 Å². The Hall–Kier alpha value is -1.94. The molecule has 74 valence electrons. The van der Waals surface area contributed by atoms with Gasteiger partial charge in [0, 0.05) is 4.91 Å². The third-order valence-corrected chi connectivity index (χ3v) is 1.66. The van der Waals surface area contributed by atoms with Crippen molar-refractivity contribution in [2.75, 3.05) is 7.11 Å². The van der Waals surface area contributed by atoms with E-state index in [-0.39, 0.29) is 6.54 Å². The van der Waals surface area contributed by atoms with Gasteiger partial charge >= 0.3 is 5.97 Å². The molecule has 0 aromatic carbocycles. The first-order valence-corrected chi connectivity index (χ1v) is 3.87. The first-order valence-electron chi connectivity index (χ1n) is 3.87. The maximum atomic E-state index is 11.1. The average molecular weight is 195 g/mol. The molecule has 0 atom stereocenters. The maximum Gasteiger partial charge on any atom is 0.341 e. The monoisotopic (exact) mass is 195 g/mol. The Bertz CT molecular complexity index is 391. The molecular weight excluding hydrogens is 186 g/mol. The Morgan fingerprint density at radius 2 is 2.50 bits per heavy atom. The van der Waals surface area contributed by atoms with Crippen LogP contribution in [-0.4, -0.2) is 13.1 Å². The smallest absolute Gasteiger partial charge is 0.341 e. The van der Waals surface area contributed by atoms with Gasteiger partial charge in [-0.3, -0.25) is 0 Å². The molecule has 1 aromatic rings. The number of ether oxygens (including phenoxy) is 1. The molecule has 0 spiro atoms. The first-order chi connectivity index (χ1) is 6.69. The van der Waals surface area contributed by atoms with Crippen LogP contribution in [0.25, 0.3) is 10.4 Å². The summed E-state index contributed by atoms with van der Waals surface area (Å²) in [5.74, 6) is 0.444. The lowest BCUT2D eigenvalue weighted by molar-refractivity contribution is 0.0599. The van der Waals surface area contributed by atoms with Crippen molar-refractivity contribution in [2.24, 2.45) is 5.11 Å². The van der Waals surface area contributed by atoms with Crippen molar-refractivity contribution in [1.29, 1.82) is 0 Å². The largest absolute Gasteiger partial charge is 0.465 e. The topological polar surface area (TPSA) is 88.2 Å². The van der Waals surface area contributed by atoms with Crippen LogP contribution in [0.5, 0.6) is 0 Å². The Labute approximate surface area is 80.1 Å². The Balaban J connectivity index is 2.92. The van der Waals surface area contributed by atoms with Gasteiger partial charge in [-0.2, -0.15) is 0 Å². The molecule has 6 heteroatoms. The molecule has 0 amide bonds. The number of hydrogen-bond donors (Lipinski definition) is 0. The molecule has 14 heavy (non-hydrogen) atoms. The number of carbonyl (C=O) groups excluding carboxylic acids is 1. The van der Waals surface area contributed by atoms with E-state index < -0.39 is 5.97 Å². The minimum atomic E-state index is -0.460. The van der Waals surface area contributed by atoms with Crippen LogP contribution in [0.4, 0.5) is 0 Å². The second kappa shape index (κ2) is 4.34. The standard InChI is InChI=1S/C8H9N3O3/c1-5-7(8(12)13-2)3-6(14-5)4-10-11-9/h3H,4H2,1-2H3. The van der Waals surface area contributed by atoms with Gasteiger partial charge in [-0.05, 0) is 18.5 Å². The second-order valence-electron chi connectivity index (χ2n) is 2.56. The molecule has 0 radical (unpaired) electrons. The zero-order valence-electron chi connectivity index (χ0n) is 7.85. The van der Waals surface area contributed by atoms with Gasteiger partial charge < -0.3 is 9.15 Å². The summed E-state index contributed by atoms with van der Waals surface area (Å²) in [6.07, 6.45) is 0. The Morgan fingerprint density at radius 1 is 1.79 bits per heavy atom. The van der Waals surface area contributed by atoms with Gasteiger partial charge in [-0.1, -0.05) is 5.11 Å². The number of azide groups is 1. The number of aryl methyl sites for hydroxylation is 1. The number of methoxy groups -OCH3 is 1. The van der Waals surface area contributed by atoms with Gasteiger partial charge in [0.05, 0.1) is 13.7 Å². The van der Waals surface area contributed by atoms with Crippen LogP contribution < -0.4 is 0 Å². The van der Waals surface area contributed by atoms with E-state index in [1.165, 1.54) is 13.2 Å². The highest BCUT2D eigenvalue weighted by Crippen LogP contribution is 2.16. The molecule has 0 fully saturated rings. The highest BCUT2D eigenvalue weighted by Gasteiger charge is 2.14. The summed E-state index contributed by atoms with van der Waals surface area (Å²) in [7, 11) is 1.29. The van der Waals surface area contributed by atoms with Gasteiger partial charge in [0.2, 0.25) is 0 Å². The minimum absolute atomic E-state index is 0.0916. The fraction of sp³-hybridized carbons (Fsp3) is 0.375. The van der Waals surface area contributed by atoms with Crippen molar-refractivity contribution < 1.29 is 13.9 Å². The minimum Gasteiger partial charge on any atom is -0.465 e. The lowest BCUT2D eigenvalue weighted by Gasteiger charge is -1.93. The van der Waals surface area contributed by atoms with Crippen LogP contribution in [0.2, 0.25) is 0 Å². The van der Waals surface area contributed by atoms with Crippen LogP contribution in [0.1, 0.15) is 21.9 Å². The fourth-order valence-electron chi connectivity index (χ4n) is 1.04. The van der Waals surface area contributed by atoms with Crippen molar-refractivity contribution in [3.05, 3.63) is 33.6 Å². The predicted octanol–water partition coefficient (Wildman–Crippen LogP) is 2.18. The third-order valence-electron chi connectivity index (χ3n) is 1.66. The molecule has 1 rings (SSSR count). The van der Waals surface area contributed by atoms with E-state index in [2.05, 4.69) is 14.8 Å². The summed E-state index contributed by atoms with van der Waals surface area (Å²) in [5, 5.41) is 3.32. The number of esters is 1. The number of rotatable bonds is 3. The van der Waals surface area contributed by atoms with E-state index >= 15 is 0 Å². The molecule has 0 bridgehead atoms. The maximum absolute atomic E-state index is 11.1. The summed E-state index contributed by atoms with van der Waals surface area (Å²) < 4.78 is 9.71. The molecule has 0 aliphatic heterocycles. The molecule has 0 unspecified atom stereocenters. The van der Waals surface area contributed by atoms with Crippen molar-refractivity contribution in [3.8, 4) is 0 Å². The molecule has 1 heterocycles. The predicted molar refractivity (Wildman–Crippen MR) is 47.6 cm³/mol. The van der Waals surface area contributed by atoms with Crippen LogP contribution in [0, 0.1) is 6.92 Å². The highest BCUT2D eigenvalue weighted by atomic mass is 16.5. The molecular formula is C8H9N3O3. The lowest BCUT2D eigenvalue weighted by Crippen LogP contribution is -2.00. The zero-order chi connectivity index (χ0) is 10.6. The highest BCUT2D eigenvalue weighted by molar-refractivity contribution is 5.90. The number of nitrogens with zero attached hydrogens (tertiary/aromatic N) is 3. The molecule has 0 saturated heterocycles. The molecule has 0 aliphatic rings. The van der Waals surface area contributed by atoms with Crippen molar-refractivity contribution in [3.63, 3.8) is 0 Å². The second-order valence-corrected chi connectivity index (χ2v) is 2.56. The van der Waals surface area contributed by atoms with Gasteiger partial charge in [0.15, 0.2) is 0 Å². The van der Waals surface area contributed by atoms with Gasteiger partial charge in [-0.25, -0.2) is 4.79 Å². The van der Waals surface area contributed by atoms with E-state index in [1.54, 1.807) is 6.92 Å². The Kier molecular flexibility index (Phi) is 3.14. The van der Waals surface area contributed by atoms with E-state index in [9.17, 15) is 4.79 Å². The van der Waals surface area contributed by atoms with E-state index in [0.717, 1.165) is 0 Å². The summed E-state index contributed by atoms with van der Waals surface area (Å²) in [5.41, 5.74) is 8.44. The van der Waals surface area contributed by atoms with E-state index in [4.69, 9.17) is 9.95 Å². The number of carbonyl (C=O) groups is 1. The number of furan rings is 1. The quantitative estimate of drug-likeness (QED) is 0.320. The first kappa shape index (κ1) is 10.1. The normalized spacial score (nSPS) is 9.29. The third kappa shape index (κ3) is 2.05. The molecule has 0 saturated carbocycles. The zero-order valence-corrected chi connectivity index (χ0v) is 7.85. The van der Waals surface area contributed by atoms with Crippen molar-refractivity contribution in [2.45, 2.75) is 13.5 Å². The Morgan fingerprint density at radius 3 is 3.07 bits per heavy atom. The fourth-order valence-corrected chi connectivity index (χ4v) is 1.04. The summed E-state index contributed by atoms with van der Waals surface area (Å²) >= 11 is 0. The van der Waals surface area contributed by atoms with Gasteiger partial charge in [0.1, 0.15) is 17.1 Å². The van der Waals surface area contributed by atoms with Crippen LogP contribution in [0.15, 0.2) is 15.6 Å². The summed E-state index contributed by atoms with van der Waals surface area (Å²) in [6, 6.07) is 1.51. The van der Waals surface area contributed by atoms with Crippen molar-refractivity contribution in [1.82, 2.24) is 0 Å². The SMILES string of the molecule is COC(=O)c1cc(CN=[N+]=[N-])oc1C. The van der Waals surface area contributed by atoms with Crippen LogP contribution in [-0.2, 0) is 11.3 Å². The average Bonchev–Trinajstić information content (AvgIpc) is 2.55.